The van der Waals surface area contributed by atoms with E-state index in [4.69, 9.17) is 11.6 Å². The van der Waals surface area contributed by atoms with Crippen LogP contribution in [0.1, 0.15) is 24.1 Å². The quantitative estimate of drug-likeness (QED) is 0.401. The maximum absolute atomic E-state index is 13.3. The van der Waals surface area contributed by atoms with Crippen molar-refractivity contribution in [3.8, 4) is 0 Å². The first-order chi connectivity index (χ1) is 15.7. The molecule has 3 aromatic rings. The lowest BCUT2D eigenvalue weighted by Gasteiger charge is -2.23. The Kier molecular flexibility index (Phi) is 8.53. The van der Waals surface area contributed by atoms with Gasteiger partial charge in [-0.15, -0.1) is 11.8 Å². The molecule has 0 saturated carbocycles. The van der Waals surface area contributed by atoms with Gasteiger partial charge in [0.1, 0.15) is 5.82 Å². The summed E-state index contributed by atoms with van der Waals surface area (Å²) in [6.07, 6.45) is 1.98. The normalized spacial score (nSPS) is 12.5. The van der Waals surface area contributed by atoms with Crippen LogP contribution in [0, 0.1) is 5.82 Å². The van der Waals surface area contributed by atoms with E-state index in [0.29, 0.717) is 10.6 Å². The molecular weight excluding hydrogens is 483 g/mol. The summed E-state index contributed by atoms with van der Waals surface area (Å²) in [6.45, 7) is 1.36. The SMILES string of the molecule is CSc1ccc(C(C)NC(=O)CN(Cc2ccc(F)cc2)S(=O)(=O)c2ccc(Cl)cc2)cc1. The number of amides is 1. The lowest BCUT2D eigenvalue weighted by molar-refractivity contribution is -0.122. The molecule has 3 rings (SSSR count). The van der Waals surface area contributed by atoms with Crippen molar-refractivity contribution in [2.75, 3.05) is 12.8 Å². The van der Waals surface area contributed by atoms with Crippen molar-refractivity contribution in [2.24, 2.45) is 0 Å². The highest BCUT2D eigenvalue weighted by atomic mass is 35.5. The highest BCUT2D eigenvalue weighted by Crippen LogP contribution is 2.22. The van der Waals surface area contributed by atoms with Gasteiger partial charge in [0.2, 0.25) is 15.9 Å². The second-order valence-corrected chi connectivity index (χ2v) is 10.7. The predicted molar refractivity (Wildman–Crippen MR) is 130 cm³/mol. The molecule has 33 heavy (non-hydrogen) atoms. The minimum absolute atomic E-state index is 0.0162. The summed E-state index contributed by atoms with van der Waals surface area (Å²) in [7, 11) is -4.01. The number of carbonyl (C=O) groups is 1. The number of hydrogen-bond donors (Lipinski definition) is 1. The molecule has 0 radical (unpaired) electrons. The smallest absolute Gasteiger partial charge is 0.243 e. The van der Waals surface area contributed by atoms with Gasteiger partial charge >= 0.3 is 0 Å². The van der Waals surface area contributed by atoms with Gasteiger partial charge in [-0.25, -0.2) is 12.8 Å². The molecular formula is C24H24ClFN2O3S2. The van der Waals surface area contributed by atoms with Gasteiger partial charge in [0.25, 0.3) is 0 Å². The lowest BCUT2D eigenvalue weighted by Crippen LogP contribution is -2.41. The second kappa shape index (κ2) is 11.2. The topological polar surface area (TPSA) is 66.5 Å². The van der Waals surface area contributed by atoms with Gasteiger partial charge in [-0.05, 0) is 72.8 Å². The Bertz CT molecular complexity index is 1190. The van der Waals surface area contributed by atoms with Crippen LogP contribution in [0.2, 0.25) is 5.02 Å². The molecule has 0 aliphatic carbocycles. The molecule has 0 fully saturated rings. The van der Waals surface area contributed by atoms with Gasteiger partial charge in [-0.3, -0.25) is 4.79 Å². The maximum atomic E-state index is 13.3. The average molecular weight is 507 g/mol. The Hall–Kier alpha value is -2.39. The van der Waals surface area contributed by atoms with Crippen molar-refractivity contribution < 1.29 is 17.6 Å². The third-order valence-corrected chi connectivity index (χ3v) is 7.84. The zero-order valence-electron chi connectivity index (χ0n) is 18.2. The summed E-state index contributed by atoms with van der Waals surface area (Å²) in [6, 6.07) is 18.7. The third kappa shape index (κ3) is 6.80. The van der Waals surface area contributed by atoms with Crippen LogP contribution in [-0.4, -0.2) is 31.4 Å². The summed E-state index contributed by atoms with van der Waals surface area (Å²) >= 11 is 7.52. The Morgan fingerprint density at radius 2 is 1.64 bits per heavy atom. The molecule has 0 aliphatic heterocycles. The van der Waals surface area contributed by atoms with E-state index >= 15 is 0 Å². The fraction of sp³-hybridized carbons (Fsp3) is 0.208. The molecule has 3 aromatic carbocycles. The fourth-order valence-corrected chi connectivity index (χ4v) is 5.12. The van der Waals surface area contributed by atoms with E-state index in [2.05, 4.69) is 5.32 Å². The maximum Gasteiger partial charge on any atom is 0.243 e. The van der Waals surface area contributed by atoms with Gasteiger partial charge in [0.15, 0.2) is 0 Å². The van der Waals surface area contributed by atoms with Crippen molar-refractivity contribution in [3.63, 3.8) is 0 Å². The third-order valence-electron chi connectivity index (χ3n) is 5.04. The molecule has 0 bridgehead atoms. The number of nitrogens with zero attached hydrogens (tertiary/aromatic N) is 1. The van der Waals surface area contributed by atoms with Crippen molar-refractivity contribution in [3.05, 3.63) is 94.8 Å². The molecule has 174 valence electrons. The second-order valence-electron chi connectivity index (χ2n) is 7.42. The van der Waals surface area contributed by atoms with Crippen LogP contribution in [0.3, 0.4) is 0 Å². The Balaban J connectivity index is 1.81. The lowest BCUT2D eigenvalue weighted by atomic mass is 10.1. The van der Waals surface area contributed by atoms with E-state index in [1.54, 1.807) is 11.8 Å². The Labute approximate surface area is 203 Å². The Morgan fingerprint density at radius 3 is 2.21 bits per heavy atom. The molecule has 9 heteroatoms. The van der Waals surface area contributed by atoms with Crippen LogP contribution in [0.5, 0.6) is 0 Å². The van der Waals surface area contributed by atoms with E-state index in [9.17, 15) is 17.6 Å². The molecule has 0 aliphatic rings. The van der Waals surface area contributed by atoms with Gasteiger partial charge in [-0.2, -0.15) is 4.31 Å². The molecule has 0 saturated heterocycles. The molecule has 5 nitrogen and oxygen atoms in total. The number of nitrogens with one attached hydrogen (secondary N) is 1. The average Bonchev–Trinajstić information content (AvgIpc) is 2.80. The standard InChI is InChI=1S/C24H24ClFN2O3S2/c1-17(19-5-11-22(32-2)12-6-19)27-24(29)16-28(15-18-3-9-21(26)10-4-18)33(30,31)23-13-7-20(25)8-14-23/h3-14,17H,15-16H2,1-2H3,(H,27,29). The summed E-state index contributed by atoms with van der Waals surface area (Å²) in [5.41, 5.74) is 1.47. The number of hydrogen-bond acceptors (Lipinski definition) is 4. The van der Waals surface area contributed by atoms with Crippen LogP contribution < -0.4 is 5.32 Å². The fourth-order valence-electron chi connectivity index (χ4n) is 3.20. The molecule has 0 spiro atoms. The van der Waals surface area contributed by atoms with E-state index in [1.807, 2.05) is 37.4 Å². The first-order valence-corrected chi connectivity index (χ1v) is 13.2. The minimum atomic E-state index is -4.01. The van der Waals surface area contributed by atoms with Gasteiger partial charge in [-0.1, -0.05) is 35.9 Å². The predicted octanol–water partition coefficient (Wildman–Crippen LogP) is 5.27. The van der Waals surface area contributed by atoms with Gasteiger partial charge in [0.05, 0.1) is 17.5 Å². The van der Waals surface area contributed by atoms with E-state index < -0.39 is 28.3 Å². The zero-order valence-corrected chi connectivity index (χ0v) is 20.6. The number of carbonyl (C=O) groups excluding carboxylic acids is 1. The van der Waals surface area contributed by atoms with Crippen LogP contribution in [0.4, 0.5) is 4.39 Å². The number of halogens is 2. The van der Waals surface area contributed by atoms with Crippen molar-refractivity contribution in [1.82, 2.24) is 9.62 Å². The highest BCUT2D eigenvalue weighted by molar-refractivity contribution is 7.98. The van der Waals surface area contributed by atoms with E-state index in [1.165, 1.54) is 48.5 Å². The highest BCUT2D eigenvalue weighted by Gasteiger charge is 2.27. The van der Waals surface area contributed by atoms with E-state index in [0.717, 1.165) is 14.8 Å². The van der Waals surface area contributed by atoms with Crippen molar-refractivity contribution in [1.29, 1.82) is 0 Å². The zero-order chi connectivity index (χ0) is 24.0. The summed E-state index contributed by atoms with van der Waals surface area (Å²) in [5.74, 6) is -0.874. The van der Waals surface area contributed by atoms with Crippen LogP contribution in [0.25, 0.3) is 0 Å². The monoisotopic (exact) mass is 506 g/mol. The first-order valence-electron chi connectivity index (χ1n) is 10.1. The van der Waals surface area contributed by atoms with E-state index in [-0.39, 0.29) is 17.5 Å². The molecule has 1 amide bonds. The van der Waals surface area contributed by atoms with Crippen LogP contribution in [-0.2, 0) is 21.4 Å². The minimum Gasteiger partial charge on any atom is -0.348 e. The number of rotatable bonds is 9. The molecule has 0 heterocycles. The largest absolute Gasteiger partial charge is 0.348 e. The summed E-state index contributed by atoms with van der Waals surface area (Å²) in [5, 5.41) is 3.26. The van der Waals surface area contributed by atoms with Gasteiger partial charge in [0, 0.05) is 16.5 Å². The van der Waals surface area contributed by atoms with Crippen LogP contribution >= 0.6 is 23.4 Å². The number of thioether (sulfide) groups is 1. The van der Waals surface area contributed by atoms with Crippen molar-refractivity contribution in [2.45, 2.75) is 29.3 Å². The summed E-state index contributed by atoms with van der Waals surface area (Å²) in [4.78, 5) is 14.0. The van der Waals surface area contributed by atoms with Crippen LogP contribution in [0.15, 0.2) is 82.6 Å². The molecule has 1 atom stereocenters. The van der Waals surface area contributed by atoms with Gasteiger partial charge < -0.3 is 5.32 Å². The summed E-state index contributed by atoms with van der Waals surface area (Å²) < 4.78 is 41.0. The molecule has 1 unspecified atom stereocenters. The molecule has 1 N–H and O–H groups in total. The number of sulfonamides is 1. The molecule has 0 aromatic heterocycles. The Morgan fingerprint density at radius 1 is 1.03 bits per heavy atom. The number of benzene rings is 3. The van der Waals surface area contributed by atoms with Crippen molar-refractivity contribution >= 4 is 39.3 Å². The first kappa shape index (κ1) is 25.2.